The molecule has 1 aliphatic heterocycles. The lowest BCUT2D eigenvalue weighted by molar-refractivity contribution is 0.0853. The molecular weight excluding hydrogens is 268 g/mol. The molecule has 0 radical (unpaired) electrons. The SMILES string of the molecule is CCCCN(C)c1cnc(C(=O)NCC2CCCO2)cn1. The lowest BCUT2D eigenvalue weighted by Gasteiger charge is -2.17. The van der Waals surface area contributed by atoms with Crippen LogP contribution in [-0.2, 0) is 4.74 Å². The number of nitrogens with zero attached hydrogens (tertiary/aromatic N) is 3. The van der Waals surface area contributed by atoms with E-state index < -0.39 is 0 Å². The Morgan fingerprint density at radius 2 is 2.33 bits per heavy atom. The molecule has 0 saturated carbocycles. The van der Waals surface area contributed by atoms with Gasteiger partial charge < -0.3 is 15.0 Å². The summed E-state index contributed by atoms with van der Waals surface area (Å²) in [4.78, 5) is 22.5. The van der Waals surface area contributed by atoms with Crippen molar-refractivity contribution in [1.82, 2.24) is 15.3 Å². The van der Waals surface area contributed by atoms with Crippen LogP contribution in [0.15, 0.2) is 12.4 Å². The highest BCUT2D eigenvalue weighted by atomic mass is 16.5. The van der Waals surface area contributed by atoms with E-state index >= 15 is 0 Å². The van der Waals surface area contributed by atoms with Gasteiger partial charge in [-0.3, -0.25) is 4.79 Å². The van der Waals surface area contributed by atoms with Gasteiger partial charge in [-0.15, -0.1) is 0 Å². The molecule has 1 aromatic rings. The van der Waals surface area contributed by atoms with Crippen LogP contribution in [-0.4, -0.2) is 48.7 Å². The second-order valence-corrected chi connectivity index (χ2v) is 5.38. The number of anilines is 1. The predicted octanol–water partition coefficient (Wildman–Crippen LogP) is 1.62. The van der Waals surface area contributed by atoms with Crippen molar-refractivity contribution in [1.29, 1.82) is 0 Å². The summed E-state index contributed by atoms with van der Waals surface area (Å²) in [7, 11) is 1.98. The fourth-order valence-electron chi connectivity index (χ4n) is 2.25. The Labute approximate surface area is 125 Å². The molecule has 0 bridgehead atoms. The molecule has 1 amide bonds. The Kier molecular flexibility index (Phi) is 5.92. The number of aromatic nitrogens is 2. The number of ether oxygens (including phenoxy) is 1. The van der Waals surface area contributed by atoms with Crippen LogP contribution >= 0.6 is 0 Å². The lowest BCUT2D eigenvalue weighted by Crippen LogP contribution is -2.32. The number of carbonyl (C=O) groups is 1. The number of hydrogen-bond donors (Lipinski definition) is 1. The maximum atomic E-state index is 12.0. The zero-order valence-electron chi connectivity index (χ0n) is 12.8. The van der Waals surface area contributed by atoms with Gasteiger partial charge in [0.1, 0.15) is 11.5 Å². The molecular formula is C15H24N4O2. The molecule has 1 aromatic heterocycles. The van der Waals surface area contributed by atoms with Gasteiger partial charge in [0.05, 0.1) is 18.5 Å². The summed E-state index contributed by atoms with van der Waals surface area (Å²) in [5, 5.41) is 2.84. The van der Waals surface area contributed by atoms with Gasteiger partial charge in [0, 0.05) is 26.7 Å². The van der Waals surface area contributed by atoms with Crippen LogP contribution in [0.25, 0.3) is 0 Å². The third kappa shape index (κ3) is 4.67. The number of hydrogen-bond acceptors (Lipinski definition) is 5. The maximum Gasteiger partial charge on any atom is 0.271 e. The van der Waals surface area contributed by atoms with E-state index in [-0.39, 0.29) is 12.0 Å². The van der Waals surface area contributed by atoms with E-state index in [9.17, 15) is 4.79 Å². The molecule has 1 N–H and O–H groups in total. The Morgan fingerprint density at radius 3 is 2.95 bits per heavy atom. The quantitative estimate of drug-likeness (QED) is 0.827. The van der Waals surface area contributed by atoms with Gasteiger partial charge in [-0.25, -0.2) is 9.97 Å². The fraction of sp³-hybridized carbons (Fsp3) is 0.667. The van der Waals surface area contributed by atoms with Gasteiger partial charge in [-0.05, 0) is 19.3 Å². The van der Waals surface area contributed by atoms with Crippen molar-refractivity contribution in [3.05, 3.63) is 18.1 Å². The van der Waals surface area contributed by atoms with Crippen LogP contribution in [0.5, 0.6) is 0 Å². The molecule has 0 spiro atoms. The summed E-state index contributed by atoms with van der Waals surface area (Å²) >= 11 is 0. The summed E-state index contributed by atoms with van der Waals surface area (Å²) in [5.74, 6) is 0.597. The van der Waals surface area contributed by atoms with Crippen molar-refractivity contribution in [3.63, 3.8) is 0 Å². The number of amides is 1. The minimum absolute atomic E-state index is 0.140. The Hall–Kier alpha value is -1.69. The van der Waals surface area contributed by atoms with E-state index in [1.807, 2.05) is 11.9 Å². The molecule has 0 aromatic carbocycles. The molecule has 1 fully saturated rings. The van der Waals surface area contributed by atoms with E-state index in [0.717, 1.165) is 44.7 Å². The average molecular weight is 292 g/mol. The number of nitrogens with one attached hydrogen (secondary N) is 1. The lowest BCUT2D eigenvalue weighted by atomic mass is 10.2. The molecule has 1 saturated heterocycles. The van der Waals surface area contributed by atoms with E-state index in [2.05, 4.69) is 22.2 Å². The zero-order chi connectivity index (χ0) is 15.1. The van der Waals surface area contributed by atoms with Crippen molar-refractivity contribution in [2.24, 2.45) is 0 Å². The van der Waals surface area contributed by atoms with Gasteiger partial charge in [-0.2, -0.15) is 0 Å². The van der Waals surface area contributed by atoms with Gasteiger partial charge >= 0.3 is 0 Å². The fourth-order valence-corrected chi connectivity index (χ4v) is 2.25. The van der Waals surface area contributed by atoms with Crippen LogP contribution in [0.4, 0.5) is 5.82 Å². The first-order chi connectivity index (χ1) is 10.2. The number of carbonyl (C=O) groups excluding carboxylic acids is 1. The molecule has 6 heteroatoms. The van der Waals surface area contributed by atoms with Crippen LogP contribution < -0.4 is 10.2 Å². The first-order valence-electron chi connectivity index (χ1n) is 7.63. The first kappa shape index (κ1) is 15.7. The Morgan fingerprint density at radius 1 is 1.48 bits per heavy atom. The number of rotatable bonds is 7. The molecule has 2 rings (SSSR count). The standard InChI is InChI=1S/C15H24N4O2/c1-3-4-7-19(2)14-11-16-13(10-17-14)15(20)18-9-12-6-5-8-21-12/h10-12H,3-9H2,1-2H3,(H,18,20). The van der Waals surface area contributed by atoms with E-state index in [4.69, 9.17) is 4.74 Å². The summed E-state index contributed by atoms with van der Waals surface area (Å²) in [5.41, 5.74) is 0.348. The van der Waals surface area contributed by atoms with E-state index in [0.29, 0.717) is 12.2 Å². The van der Waals surface area contributed by atoms with Crippen molar-refractivity contribution >= 4 is 11.7 Å². The minimum atomic E-state index is -0.194. The van der Waals surface area contributed by atoms with Gasteiger partial charge in [-0.1, -0.05) is 13.3 Å². The Balaban J connectivity index is 1.84. The smallest absolute Gasteiger partial charge is 0.271 e. The first-order valence-corrected chi connectivity index (χ1v) is 7.63. The van der Waals surface area contributed by atoms with Crippen LogP contribution in [0.2, 0.25) is 0 Å². The van der Waals surface area contributed by atoms with Crippen LogP contribution in [0.3, 0.4) is 0 Å². The summed E-state index contributed by atoms with van der Waals surface area (Å²) in [6.07, 6.45) is 7.65. The highest BCUT2D eigenvalue weighted by Gasteiger charge is 2.17. The molecule has 6 nitrogen and oxygen atoms in total. The molecule has 1 unspecified atom stereocenters. The molecule has 1 atom stereocenters. The maximum absolute atomic E-state index is 12.0. The second kappa shape index (κ2) is 7.93. The highest BCUT2D eigenvalue weighted by molar-refractivity contribution is 5.92. The normalized spacial score (nSPS) is 17.7. The molecule has 1 aliphatic rings. The Bertz CT molecular complexity index is 443. The van der Waals surface area contributed by atoms with Crippen molar-refractivity contribution in [2.45, 2.75) is 38.7 Å². The van der Waals surface area contributed by atoms with Gasteiger partial charge in [0.15, 0.2) is 0 Å². The third-order valence-corrected chi connectivity index (χ3v) is 3.62. The van der Waals surface area contributed by atoms with E-state index in [1.54, 1.807) is 6.20 Å². The van der Waals surface area contributed by atoms with Gasteiger partial charge in [0.2, 0.25) is 0 Å². The van der Waals surface area contributed by atoms with Crippen LogP contribution in [0, 0.1) is 0 Å². The molecule has 21 heavy (non-hydrogen) atoms. The number of unbranched alkanes of at least 4 members (excludes halogenated alkanes) is 1. The topological polar surface area (TPSA) is 67.4 Å². The summed E-state index contributed by atoms with van der Waals surface area (Å²) < 4.78 is 5.47. The van der Waals surface area contributed by atoms with Gasteiger partial charge in [0.25, 0.3) is 5.91 Å². The molecule has 0 aliphatic carbocycles. The van der Waals surface area contributed by atoms with Crippen molar-refractivity contribution in [3.8, 4) is 0 Å². The highest BCUT2D eigenvalue weighted by Crippen LogP contribution is 2.11. The van der Waals surface area contributed by atoms with E-state index in [1.165, 1.54) is 6.20 Å². The summed E-state index contributed by atoms with van der Waals surface area (Å²) in [6.45, 7) is 4.43. The molecule has 2 heterocycles. The predicted molar refractivity (Wildman–Crippen MR) is 81.5 cm³/mol. The average Bonchev–Trinajstić information content (AvgIpc) is 3.04. The van der Waals surface area contributed by atoms with Crippen LogP contribution in [0.1, 0.15) is 43.1 Å². The largest absolute Gasteiger partial charge is 0.376 e. The monoisotopic (exact) mass is 292 g/mol. The second-order valence-electron chi connectivity index (χ2n) is 5.38. The summed E-state index contributed by atoms with van der Waals surface area (Å²) in [6, 6.07) is 0. The van der Waals surface area contributed by atoms with Crippen molar-refractivity contribution < 1.29 is 9.53 Å². The minimum Gasteiger partial charge on any atom is -0.376 e. The third-order valence-electron chi connectivity index (χ3n) is 3.62. The molecule has 116 valence electrons. The zero-order valence-corrected chi connectivity index (χ0v) is 12.8. The van der Waals surface area contributed by atoms with Crippen molar-refractivity contribution in [2.75, 3.05) is 31.6 Å².